The van der Waals surface area contributed by atoms with Gasteiger partial charge in [-0.2, -0.15) is 26.3 Å². The van der Waals surface area contributed by atoms with Gasteiger partial charge < -0.3 is 8.83 Å². The number of hydrogen-bond acceptors (Lipinski definition) is 5. The molecule has 0 unspecified atom stereocenters. The van der Waals surface area contributed by atoms with E-state index in [0.29, 0.717) is 44.6 Å². The van der Waals surface area contributed by atoms with Crippen LogP contribution in [0.3, 0.4) is 0 Å². The SMILES string of the molecule is FC(F)(F)c1ccc(-c2nc3cc(-c4cc5oc(-c6ccc(C(F)(F)F)cc6)nc5cn4)ccc3o2)cc1. The van der Waals surface area contributed by atoms with Crippen molar-refractivity contribution in [3.63, 3.8) is 0 Å². The Labute approximate surface area is 209 Å². The Morgan fingerprint density at radius 3 is 1.58 bits per heavy atom. The Kier molecular flexibility index (Phi) is 5.26. The minimum Gasteiger partial charge on any atom is -0.436 e. The molecule has 0 atom stereocenters. The van der Waals surface area contributed by atoms with E-state index < -0.39 is 23.5 Å². The molecular weight excluding hydrogens is 512 g/mol. The van der Waals surface area contributed by atoms with Gasteiger partial charge in [0.25, 0.3) is 0 Å². The number of oxazole rings is 2. The summed E-state index contributed by atoms with van der Waals surface area (Å²) in [6.45, 7) is 0. The summed E-state index contributed by atoms with van der Waals surface area (Å²) in [6.07, 6.45) is -7.39. The molecule has 6 rings (SSSR count). The van der Waals surface area contributed by atoms with Gasteiger partial charge in [-0.3, -0.25) is 4.98 Å². The van der Waals surface area contributed by atoms with Crippen molar-refractivity contribution in [3.8, 4) is 34.2 Å². The molecule has 0 spiro atoms. The molecule has 0 aliphatic carbocycles. The second-order valence-electron chi connectivity index (χ2n) is 8.41. The summed E-state index contributed by atoms with van der Waals surface area (Å²) in [5, 5.41) is 0. The number of benzene rings is 3. The number of nitrogens with zero attached hydrogens (tertiary/aromatic N) is 3. The van der Waals surface area contributed by atoms with Gasteiger partial charge in [0.1, 0.15) is 11.0 Å². The molecular formula is C27H13F6N3O2. The Bertz CT molecular complexity index is 1650. The number of halogens is 6. The van der Waals surface area contributed by atoms with Crippen LogP contribution in [0.5, 0.6) is 0 Å². The second-order valence-corrected chi connectivity index (χ2v) is 8.41. The molecule has 0 amide bonds. The summed E-state index contributed by atoms with van der Waals surface area (Å²) < 4.78 is 88.5. The van der Waals surface area contributed by atoms with E-state index in [1.54, 1.807) is 24.3 Å². The van der Waals surface area contributed by atoms with Crippen LogP contribution in [0.4, 0.5) is 26.3 Å². The summed E-state index contributed by atoms with van der Waals surface area (Å²) in [5.74, 6) is 0.325. The molecule has 0 N–H and O–H groups in total. The number of rotatable bonds is 3. The van der Waals surface area contributed by atoms with Crippen molar-refractivity contribution in [3.05, 3.63) is 90.1 Å². The lowest BCUT2D eigenvalue weighted by Crippen LogP contribution is -2.03. The maximum Gasteiger partial charge on any atom is 0.416 e. The van der Waals surface area contributed by atoms with E-state index in [9.17, 15) is 26.3 Å². The molecule has 38 heavy (non-hydrogen) atoms. The minimum absolute atomic E-state index is 0.154. The molecule has 0 saturated heterocycles. The van der Waals surface area contributed by atoms with Gasteiger partial charge in [-0.15, -0.1) is 0 Å². The van der Waals surface area contributed by atoms with Gasteiger partial charge in [-0.25, -0.2) is 9.97 Å². The fraction of sp³-hybridized carbons (Fsp3) is 0.0741. The predicted octanol–water partition coefficient (Wildman–Crippen LogP) is 8.40. The molecule has 3 aromatic carbocycles. The average Bonchev–Trinajstić information content (AvgIpc) is 3.51. The van der Waals surface area contributed by atoms with E-state index in [1.807, 2.05) is 0 Å². The molecule has 11 heteroatoms. The van der Waals surface area contributed by atoms with Gasteiger partial charge in [0, 0.05) is 22.8 Å². The summed E-state index contributed by atoms with van der Waals surface area (Å²) in [5.41, 5.74) is 2.15. The Morgan fingerprint density at radius 2 is 1.03 bits per heavy atom. The lowest BCUT2D eigenvalue weighted by molar-refractivity contribution is -0.138. The van der Waals surface area contributed by atoms with Crippen LogP contribution in [-0.2, 0) is 12.4 Å². The first-order valence-electron chi connectivity index (χ1n) is 11.1. The van der Waals surface area contributed by atoms with E-state index in [2.05, 4.69) is 15.0 Å². The van der Waals surface area contributed by atoms with E-state index in [4.69, 9.17) is 8.83 Å². The summed E-state index contributed by atoms with van der Waals surface area (Å²) in [6, 6.07) is 15.8. The lowest BCUT2D eigenvalue weighted by Gasteiger charge is -2.05. The molecule has 190 valence electrons. The molecule has 0 saturated carbocycles. The van der Waals surface area contributed by atoms with Crippen LogP contribution in [0.1, 0.15) is 11.1 Å². The Morgan fingerprint density at radius 1 is 0.526 bits per heavy atom. The van der Waals surface area contributed by atoms with Crippen LogP contribution < -0.4 is 0 Å². The fourth-order valence-corrected chi connectivity index (χ4v) is 3.93. The van der Waals surface area contributed by atoms with Gasteiger partial charge in [-0.1, -0.05) is 0 Å². The van der Waals surface area contributed by atoms with Crippen LogP contribution in [-0.4, -0.2) is 15.0 Å². The van der Waals surface area contributed by atoms with Crippen LogP contribution >= 0.6 is 0 Å². The predicted molar refractivity (Wildman–Crippen MR) is 126 cm³/mol. The highest BCUT2D eigenvalue weighted by molar-refractivity contribution is 5.84. The fourth-order valence-electron chi connectivity index (χ4n) is 3.93. The maximum absolute atomic E-state index is 12.8. The van der Waals surface area contributed by atoms with E-state index >= 15 is 0 Å². The largest absolute Gasteiger partial charge is 0.436 e. The second kappa shape index (κ2) is 8.44. The quantitative estimate of drug-likeness (QED) is 0.217. The van der Waals surface area contributed by atoms with Gasteiger partial charge in [0.2, 0.25) is 11.8 Å². The third-order valence-electron chi connectivity index (χ3n) is 5.88. The number of fused-ring (bicyclic) bond motifs is 2. The highest BCUT2D eigenvalue weighted by Crippen LogP contribution is 2.34. The molecule has 3 heterocycles. The lowest BCUT2D eigenvalue weighted by atomic mass is 10.1. The van der Waals surface area contributed by atoms with E-state index in [1.165, 1.54) is 30.5 Å². The smallest absolute Gasteiger partial charge is 0.416 e. The topological polar surface area (TPSA) is 65.0 Å². The molecule has 0 fully saturated rings. The third-order valence-corrected chi connectivity index (χ3v) is 5.88. The number of hydrogen-bond donors (Lipinski definition) is 0. The highest BCUT2D eigenvalue weighted by atomic mass is 19.4. The van der Waals surface area contributed by atoms with Gasteiger partial charge in [-0.05, 0) is 66.7 Å². The van der Waals surface area contributed by atoms with Crippen LogP contribution in [0.25, 0.3) is 56.4 Å². The Hall–Kier alpha value is -4.67. The first kappa shape index (κ1) is 23.7. The molecule has 0 bridgehead atoms. The monoisotopic (exact) mass is 525 g/mol. The van der Waals surface area contributed by atoms with E-state index in [-0.39, 0.29) is 11.8 Å². The van der Waals surface area contributed by atoms with Crippen molar-refractivity contribution in [1.82, 2.24) is 15.0 Å². The number of aromatic nitrogens is 3. The third kappa shape index (κ3) is 4.36. The normalized spacial score (nSPS) is 12.5. The highest BCUT2D eigenvalue weighted by Gasteiger charge is 2.31. The molecule has 3 aromatic heterocycles. The molecule has 0 radical (unpaired) electrons. The van der Waals surface area contributed by atoms with Crippen LogP contribution in [0.15, 0.2) is 87.8 Å². The number of pyridine rings is 1. The first-order chi connectivity index (χ1) is 18.0. The Balaban J connectivity index is 1.30. The van der Waals surface area contributed by atoms with Crippen LogP contribution in [0, 0.1) is 0 Å². The van der Waals surface area contributed by atoms with Crippen molar-refractivity contribution >= 4 is 22.2 Å². The molecule has 0 aliphatic heterocycles. The summed E-state index contributed by atoms with van der Waals surface area (Å²) in [7, 11) is 0. The first-order valence-corrected chi connectivity index (χ1v) is 11.1. The zero-order valence-corrected chi connectivity index (χ0v) is 18.9. The maximum atomic E-state index is 12.8. The van der Waals surface area contributed by atoms with Crippen LogP contribution in [0.2, 0.25) is 0 Å². The number of alkyl halides is 6. The molecule has 0 aliphatic rings. The molecule has 6 aromatic rings. The van der Waals surface area contributed by atoms with Crippen molar-refractivity contribution < 1.29 is 35.2 Å². The van der Waals surface area contributed by atoms with Crippen molar-refractivity contribution in [1.29, 1.82) is 0 Å². The zero-order chi connectivity index (χ0) is 26.7. The van der Waals surface area contributed by atoms with Crippen molar-refractivity contribution in [2.24, 2.45) is 0 Å². The summed E-state index contributed by atoms with van der Waals surface area (Å²) >= 11 is 0. The minimum atomic E-state index is -4.44. The van der Waals surface area contributed by atoms with Gasteiger partial charge >= 0.3 is 12.4 Å². The standard InChI is InChI=1S/C27H13F6N3O2/c28-26(29,30)17-6-1-14(2-7-17)24-35-20-11-16(5-10-22(20)37-24)19-12-23-21(13-34-19)36-25(38-23)15-3-8-18(9-4-15)27(31,32)33/h1-13H. The van der Waals surface area contributed by atoms with Crippen molar-refractivity contribution in [2.75, 3.05) is 0 Å². The van der Waals surface area contributed by atoms with Gasteiger partial charge in [0.15, 0.2) is 11.2 Å². The molecule has 5 nitrogen and oxygen atoms in total. The summed E-state index contributed by atoms with van der Waals surface area (Å²) in [4.78, 5) is 13.1. The zero-order valence-electron chi connectivity index (χ0n) is 18.9. The van der Waals surface area contributed by atoms with Crippen molar-refractivity contribution in [2.45, 2.75) is 12.4 Å². The van der Waals surface area contributed by atoms with E-state index in [0.717, 1.165) is 24.3 Å². The van der Waals surface area contributed by atoms with Gasteiger partial charge in [0.05, 0.1) is 23.0 Å². The average molecular weight is 525 g/mol.